The van der Waals surface area contributed by atoms with E-state index in [9.17, 15) is 24.6 Å². The third kappa shape index (κ3) is 12.6. The second kappa shape index (κ2) is 22.4. The number of anilines is 3. The van der Waals surface area contributed by atoms with E-state index in [1.165, 1.54) is 27.9 Å². The van der Waals surface area contributed by atoms with E-state index in [1.54, 1.807) is 0 Å². The van der Waals surface area contributed by atoms with E-state index in [4.69, 9.17) is 36.4 Å². The number of rotatable bonds is 22. The van der Waals surface area contributed by atoms with Gasteiger partial charge in [0.1, 0.15) is 43.0 Å². The first kappa shape index (κ1) is 56.3. The Hall–Kier alpha value is -4.43. The number of ether oxygens (including phenoxy) is 2. The summed E-state index contributed by atoms with van der Waals surface area (Å²) in [5.41, 5.74) is 0.996. The number of hydrogen-bond acceptors (Lipinski definition) is 20. The molecule has 73 heavy (non-hydrogen) atoms. The number of aromatic amines is 1. The molecule has 1 aromatic carbocycles. The number of nitrogens with zero attached hydrogens (tertiary/aromatic N) is 8. The molecule has 0 amide bonds. The fourth-order valence-electron chi connectivity index (χ4n) is 7.72. The van der Waals surface area contributed by atoms with E-state index < -0.39 is 107 Å². The second-order valence-electron chi connectivity index (χ2n) is 21.4. The van der Waals surface area contributed by atoms with E-state index in [-0.39, 0.29) is 39.5 Å². The molecule has 2 aliphatic heterocycles. The molecule has 2 aliphatic rings. The van der Waals surface area contributed by atoms with Crippen LogP contribution in [0.25, 0.3) is 16.8 Å². The van der Waals surface area contributed by atoms with E-state index in [0.29, 0.717) is 23.7 Å². The number of fused-ring (bicyclic) bond motifs is 2. The molecule has 2 fully saturated rings. The van der Waals surface area contributed by atoms with Crippen molar-refractivity contribution in [3.05, 3.63) is 65.1 Å². The fraction of sp³-hybridized carbons (Fsp3) is 0.622. The zero-order valence-electron chi connectivity index (χ0n) is 43.2. The molecular weight excluding hydrogens is 1020 g/mol. The minimum Gasteiger partial charge on any atom is -0.408 e. The zero-order valence-corrected chi connectivity index (χ0v) is 47.0. The van der Waals surface area contributed by atoms with Gasteiger partial charge in [0.2, 0.25) is 11.9 Å². The largest absolute Gasteiger partial charge is 0.695 e. The van der Waals surface area contributed by atoms with E-state index in [2.05, 4.69) is 40.7 Å². The molecule has 7 rings (SSSR count). The predicted octanol–water partition coefficient (Wildman–Crippen LogP) is 7.65. The number of benzene rings is 1. The van der Waals surface area contributed by atoms with Crippen molar-refractivity contribution in [2.75, 3.05) is 37.0 Å². The topological polar surface area (TPSA) is 303 Å². The minimum atomic E-state index is -4.94. The Morgan fingerprint density at radius 3 is 2.26 bits per heavy atom. The molecule has 0 aliphatic carbocycles. The van der Waals surface area contributed by atoms with E-state index >= 15 is 4.57 Å². The SMILES string of the molecule is CC(C)CNc1nc2c(ncn2[C@@H]2O[C@H](CO)[C@@H](O[Si](C)(C)C(C)(C)C)[C@H]2OP(=O)(OCCC#N)OC[C@H]2O[C@@H](c3cnn4c(Nc5ccccc5)ncnc34)[C@H](O[Si](C)(C)C(C)(C)C)[C@@H]2O[P+](=O)O)c(=O)[nH]1. The molecule has 5 aromatic rings. The van der Waals surface area contributed by atoms with Gasteiger partial charge in [0.05, 0.1) is 44.8 Å². The fourth-order valence-corrected chi connectivity index (χ4v) is 12.2. The van der Waals surface area contributed by atoms with Gasteiger partial charge in [-0.15, -0.1) is 9.42 Å². The highest BCUT2D eigenvalue weighted by Crippen LogP contribution is 2.56. The van der Waals surface area contributed by atoms with Gasteiger partial charge in [0, 0.05) is 22.4 Å². The van der Waals surface area contributed by atoms with E-state index in [0.717, 1.165) is 5.69 Å². The molecule has 6 heterocycles. The molecule has 4 aromatic heterocycles. The van der Waals surface area contributed by atoms with Gasteiger partial charge >= 0.3 is 16.1 Å². The Kier molecular flexibility index (Phi) is 17.3. The molecule has 0 bridgehead atoms. The molecular formula is C45H68N11O13P2Si2+. The average molecular weight is 1090 g/mol. The maximum atomic E-state index is 15.5. The van der Waals surface area contributed by atoms with Gasteiger partial charge in [-0.2, -0.15) is 19.9 Å². The first-order chi connectivity index (χ1) is 34.3. The molecule has 2 unspecified atom stereocenters. The molecule has 5 N–H and O–H groups in total. The molecule has 10 atom stereocenters. The van der Waals surface area contributed by atoms with Gasteiger partial charge < -0.3 is 34.1 Å². The first-order valence-electron chi connectivity index (χ1n) is 24.0. The van der Waals surface area contributed by atoms with Gasteiger partial charge in [0.25, 0.3) is 5.56 Å². The van der Waals surface area contributed by atoms with Crippen molar-refractivity contribution in [1.82, 2.24) is 39.1 Å². The lowest BCUT2D eigenvalue weighted by atomic mass is 10.0. The summed E-state index contributed by atoms with van der Waals surface area (Å²) in [6.45, 7) is 23.0. The van der Waals surface area contributed by atoms with Crippen LogP contribution < -0.4 is 16.2 Å². The Labute approximate surface area is 426 Å². The summed E-state index contributed by atoms with van der Waals surface area (Å²) in [5.74, 6) is 0.707. The summed E-state index contributed by atoms with van der Waals surface area (Å²) in [7, 11) is -13.8. The van der Waals surface area contributed by atoms with Crippen LogP contribution in [0.5, 0.6) is 0 Å². The van der Waals surface area contributed by atoms with Crippen LogP contribution in [-0.2, 0) is 45.6 Å². The van der Waals surface area contributed by atoms with Gasteiger partial charge in [0.15, 0.2) is 45.8 Å². The van der Waals surface area contributed by atoms with Gasteiger partial charge in [-0.1, -0.05) is 73.6 Å². The average Bonchev–Trinajstić information content (AvgIpc) is 4.09. The van der Waals surface area contributed by atoms with Crippen molar-refractivity contribution in [2.45, 2.75) is 147 Å². The maximum Gasteiger partial charge on any atom is 0.695 e. The Morgan fingerprint density at radius 1 is 0.945 bits per heavy atom. The monoisotopic (exact) mass is 1090 g/mol. The second-order valence-corrected chi connectivity index (χ2v) is 33.2. The lowest BCUT2D eigenvalue weighted by molar-refractivity contribution is -0.0564. The summed E-state index contributed by atoms with van der Waals surface area (Å²) in [5, 5.41) is 30.7. The van der Waals surface area contributed by atoms with Crippen LogP contribution >= 0.6 is 16.1 Å². The molecule has 2 saturated heterocycles. The Balaban J connectivity index is 1.29. The highest BCUT2D eigenvalue weighted by atomic mass is 31.2. The van der Waals surface area contributed by atoms with Crippen LogP contribution in [0, 0.1) is 17.2 Å². The smallest absolute Gasteiger partial charge is 0.408 e. The van der Waals surface area contributed by atoms with Crippen LogP contribution in [0.2, 0.25) is 36.3 Å². The van der Waals surface area contributed by atoms with Crippen molar-refractivity contribution < 1.29 is 55.6 Å². The predicted molar refractivity (Wildman–Crippen MR) is 274 cm³/mol. The third-order valence-corrected chi connectivity index (χ3v) is 24.5. The number of hydrogen-bond donors (Lipinski definition) is 5. The summed E-state index contributed by atoms with van der Waals surface area (Å²) in [4.78, 5) is 44.5. The number of aromatic nitrogens is 8. The molecule has 0 radical (unpaired) electrons. The number of phosphoric acid groups is 1. The quantitative estimate of drug-likeness (QED) is 0.0252. The molecule has 28 heteroatoms. The van der Waals surface area contributed by atoms with Crippen molar-refractivity contribution in [2.24, 2.45) is 5.92 Å². The lowest BCUT2D eigenvalue weighted by Crippen LogP contribution is -2.50. The van der Waals surface area contributed by atoms with Gasteiger partial charge in [-0.05, 0) is 54.3 Å². The van der Waals surface area contributed by atoms with Gasteiger partial charge in [-0.25, -0.2) is 19.5 Å². The van der Waals surface area contributed by atoms with Crippen molar-refractivity contribution in [3.63, 3.8) is 0 Å². The minimum absolute atomic E-state index is 0.0338. The number of phosphoric ester groups is 1. The lowest BCUT2D eigenvalue weighted by Gasteiger charge is -2.40. The van der Waals surface area contributed by atoms with Crippen molar-refractivity contribution in [1.29, 1.82) is 5.26 Å². The Morgan fingerprint density at radius 2 is 1.63 bits per heavy atom. The standard InChI is InChI=1S/C45H67N11O13P2Si2/c1-27(2)21-47-42-53-39-32(40(58)54-42)50-26-55(39)41-37(35(30(23-57)65-41)68-72(9,10)44(3,4)5)67-71(61,62-20-16-19-46)63-24-31-34(66-70(59)60)36(69-73(11,12)45(6,7)8)33(64-31)29-22-51-56-38(29)48-25-49-43(56)52-28-17-14-13-15-18-28/h13-15,17-18,22,25-27,30-31,33-37,41,57H,16,20-21,23-24H2,1-12H3,(H3-,47,48,49,51,52,53,54,58,59,60)/p+1/t30-,31-,33+,34-,35-,36+,37-,41-,71?/m1/s1. The summed E-state index contributed by atoms with van der Waals surface area (Å²) < 4.78 is 82.8. The number of aliphatic hydroxyl groups excluding tert-OH is 1. The normalized spacial score (nSPS) is 24.1. The number of nitrogens with one attached hydrogen (secondary N) is 3. The number of nitriles is 1. The van der Waals surface area contributed by atoms with Crippen LogP contribution in [0.15, 0.2) is 54.0 Å². The number of aliphatic hydroxyl groups is 1. The molecule has 0 spiro atoms. The molecule has 398 valence electrons. The van der Waals surface area contributed by atoms with Crippen LogP contribution in [0.1, 0.15) is 79.7 Å². The zero-order chi connectivity index (χ0) is 53.3. The van der Waals surface area contributed by atoms with Crippen LogP contribution in [0.3, 0.4) is 0 Å². The first-order valence-corrected chi connectivity index (χ1v) is 32.4. The van der Waals surface area contributed by atoms with Crippen molar-refractivity contribution >= 4 is 67.1 Å². The van der Waals surface area contributed by atoms with Gasteiger partial charge in [-0.3, -0.25) is 27.9 Å². The summed E-state index contributed by atoms with van der Waals surface area (Å²) in [6.07, 6.45) is -5.74. The van der Waals surface area contributed by atoms with E-state index in [1.807, 2.05) is 118 Å². The van der Waals surface area contributed by atoms with Crippen LogP contribution in [-0.4, -0.2) is 129 Å². The Bertz CT molecular complexity index is 2870. The molecule has 24 nitrogen and oxygen atoms in total. The third-order valence-electron chi connectivity index (χ3n) is 13.6. The highest BCUT2D eigenvalue weighted by Gasteiger charge is 2.58. The maximum absolute atomic E-state index is 15.5. The number of imidazole rings is 1. The highest BCUT2D eigenvalue weighted by molar-refractivity contribution is 7.48. The molecule has 0 saturated carbocycles. The number of para-hydroxylation sites is 1. The summed E-state index contributed by atoms with van der Waals surface area (Å²) in [6, 6.07) is 11.3. The van der Waals surface area contributed by atoms with Crippen LogP contribution in [0.4, 0.5) is 17.6 Å². The number of H-pyrrole nitrogens is 1. The summed E-state index contributed by atoms with van der Waals surface area (Å²) >= 11 is 0. The van der Waals surface area contributed by atoms with Crippen molar-refractivity contribution in [3.8, 4) is 6.07 Å².